The van der Waals surface area contributed by atoms with Crippen LogP contribution >= 0.6 is 69.6 Å². The second-order valence-electron chi connectivity index (χ2n) is 4.44. The minimum atomic E-state index is -4.74. The minimum absolute atomic E-state index is 0.136. The quantitative estimate of drug-likeness (QED) is 0.401. The molecule has 1 aromatic rings. The topological polar surface area (TPSA) is 35.5 Å². The summed E-state index contributed by atoms with van der Waals surface area (Å²) < 4.78 is 48.2. The molecule has 144 valence electrons. The molecule has 0 amide bonds. The summed E-state index contributed by atoms with van der Waals surface area (Å²) in [6, 6.07) is 2.27. The standard InChI is InChI=1S/C14H7Cl6F3O3/c15-9(11(17)18)4-25-8-2-6(1-7(3-8)14(21,22)23)13(24)26-5-10(16)12(19)20/h1-3H,4-5H2. The Labute approximate surface area is 176 Å². The van der Waals surface area contributed by atoms with E-state index in [1.165, 1.54) is 0 Å². The molecule has 1 rings (SSSR count). The Morgan fingerprint density at radius 3 is 1.92 bits per heavy atom. The van der Waals surface area contributed by atoms with Crippen LogP contribution in [-0.4, -0.2) is 19.2 Å². The zero-order valence-electron chi connectivity index (χ0n) is 12.3. The van der Waals surface area contributed by atoms with Gasteiger partial charge in [-0.2, -0.15) is 13.2 Å². The third-order valence-electron chi connectivity index (χ3n) is 2.58. The van der Waals surface area contributed by atoms with Crippen molar-refractivity contribution < 1.29 is 27.4 Å². The van der Waals surface area contributed by atoms with Gasteiger partial charge >= 0.3 is 12.1 Å². The Morgan fingerprint density at radius 2 is 1.42 bits per heavy atom. The van der Waals surface area contributed by atoms with E-state index in [0.29, 0.717) is 12.1 Å². The number of rotatable bonds is 6. The summed E-state index contributed by atoms with van der Waals surface area (Å²) in [6.45, 7) is -0.929. The van der Waals surface area contributed by atoms with E-state index in [0.717, 1.165) is 6.07 Å². The van der Waals surface area contributed by atoms with Crippen LogP contribution in [0, 0.1) is 0 Å². The van der Waals surface area contributed by atoms with Gasteiger partial charge in [-0.1, -0.05) is 69.6 Å². The van der Waals surface area contributed by atoms with Crippen molar-refractivity contribution in [3.05, 3.63) is 48.4 Å². The number of benzene rings is 1. The molecular weight excluding hydrogens is 486 g/mol. The SMILES string of the molecule is O=C(OCC(Cl)=C(Cl)Cl)c1cc(OCC(Cl)=C(Cl)Cl)cc(C(F)(F)F)c1. The molecule has 0 spiro atoms. The number of esters is 1. The number of carbonyl (C=O) groups excluding carboxylic acids is 1. The third-order valence-corrected chi connectivity index (χ3v) is 4.47. The molecule has 0 heterocycles. The highest BCUT2D eigenvalue weighted by molar-refractivity contribution is 6.59. The van der Waals surface area contributed by atoms with Gasteiger partial charge in [0.2, 0.25) is 0 Å². The summed E-state index contributed by atoms with van der Waals surface area (Å²) in [5.74, 6) is -1.41. The summed E-state index contributed by atoms with van der Waals surface area (Å²) in [7, 11) is 0. The number of halogens is 9. The van der Waals surface area contributed by atoms with Gasteiger partial charge in [-0.15, -0.1) is 0 Å². The van der Waals surface area contributed by atoms with Gasteiger partial charge in [-0.3, -0.25) is 0 Å². The molecule has 0 atom stereocenters. The molecule has 1 aromatic carbocycles. The van der Waals surface area contributed by atoms with Crippen LogP contribution in [-0.2, 0) is 10.9 Å². The third kappa shape index (κ3) is 7.62. The zero-order valence-corrected chi connectivity index (χ0v) is 16.8. The summed E-state index contributed by atoms with van der Waals surface area (Å²) in [5.41, 5.74) is -1.59. The first kappa shape index (κ1) is 23.5. The highest BCUT2D eigenvalue weighted by Crippen LogP contribution is 2.33. The number of carbonyl (C=O) groups is 1. The molecule has 0 aliphatic carbocycles. The van der Waals surface area contributed by atoms with Gasteiger partial charge < -0.3 is 9.47 Å². The fourth-order valence-corrected chi connectivity index (χ4v) is 1.76. The van der Waals surface area contributed by atoms with Gasteiger partial charge in [0, 0.05) is 0 Å². The van der Waals surface area contributed by atoms with Crippen molar-refractivity contribution in [3.63, 3.8) is 0 Å². The Balaban J connectivity index is 3.10. The molecular formula is C14H7Cl6F3O3. The second kappa shape index (κ2) is 10.2. The van der Waals surface area contributed by atoms with Crippen LogP contribution in [0.5, 0.6) is 5.75 Å². The minimum Gasteiger partial charge on any atom is -0.488 e. The monoisotopic (exact) mass is 490 g/mol. The molecule has 26 heavy (non-hydrogen) atoms. The number of hydrogen-bond acceptors (Lipinski definition) is 3. The van der Waals surface area contributed by atoms with Crippen molar-refractivity contribution in [1.29, 1.82) is 0 Å². The average Bonchev–Trinajstić information content (AvgIpc) is 2.55. The Hall–Kier alpha value is -0.500. The van der Waals surface area contributed by atoms with E-state index >= 15 is 0 Å². The maximum absolute atomic E-state index is 13.0. The van der Waals surface area contributed by atoms with E-state index < -0.39 is 36.5 Å². The largest absolute Gasteiger partial charge is 0.488 e. The fraction of sp³-hybridized carbons (Fsp3) is 0.214. The highest BCUT2D eigenvalue weighted by atomic mass is 35.5. The summed E-state index contributed by atoms with van der Waals surface area (Å²) in [5, 5.41) is -0.331. The van der Waals surface area contributed by atoms with Crippen molar-refractivity contribution in [3.8, 4) is 5.75 Å². The number of ether oxygens (including phenoxy) is 2. The molecule has 0 fully saturated rings. The van der Waals surface area contributed by atoms with E-state index in [1.807, 2.05) is 0 Å². The first-order chi connectivity index (χ1) is 11.9. The van der Waals surface area contributed by atoms with Gasteiger partial charge in [0.25, 0.3) is 0 Å². The predicted octanol–water partition coefficient (Wildman–Crippen LogP) is 7.01. The van der Waals surface area contributed by atoms with Gasteiger partial charge in [-0.05, 0) is 18.2 Å². The molecule has 0 bridgehead atoms. The Morgan fingerprint density at radius 1 is 0.885 bits per heavy atom. The highest BCUT2D eigenvalue weighted by Gasteiger charge is 2.32. The first-order valence-corrected chi connectivity index (χ1v) is 8.60. The van der Waals surface area contributed by atoms with Crippen molar-refractivity contribution in [2.45, 2.75) is 6.18 Å². The van der Waals surface area contributed by atoms with Crippen LogP contribution in [0.1, 0.15) is 15.9 Å². The van der Waals surface area contributed by atoms with Crippen LogP contribution in [0.15, 0.2) is 37.2 Å². The zero-order chi connectivity index (χ0) is 20.1. The molecule has 0 aliphatic heterocycles. The van der Waals surface area contributed by atoms with Gasteiger partial charge in [0.1, 0.15) is 27.9 Å². The number of hydrogen-bond donors (Lipinski definition) is 0. The van der Waals surface area contributed by atoms with Crippen LogP contribution in [0.3, 0.4) is 0 Å². The smallest absolute Gasteiger partial charge is 0.416 e. The van der Waals surface area contributed by atoms with E-state index in [9.17, 15) is 18.0 Å². The van der Waals surface area contributed by atoms with Gasteiger partial charge in [0.15, 0.2) is 0 Å². The Kier molecular flexibility index (Phi) is 9.19. The second-order valence-corrected chi connectivity index (χ2v) is 7.25. The van der Waals surface area contributed by atoms with E-state index in [4.69, 9.17) is 79.1 Å². The normalized spacial score (nSPS) is 11.0. The average molecular weight is 493 g/mol. The molecule has 0 saturated heterocycles. The summed E-state index contributed by atoms with van der Waals surface area (Å²) in [4.78, 5) is 12.0. The van der Waals surface area contributed by atoms with Gasteiger partial charge in [-0.25, -0.2) is 4.79 Å². The first-order valence-electron chi connectivity index (χ1n) is 6.33. The maximum atomic E-state index is 13.0. The van der Waals surface area contributed by atoms with Crippen LogP contribution in [0.25, 0.3) is 0 Å². The molecule has 0 unspecified atom stereocenters. The van der Waals surface area contributed by atoms with Crippen LogP contribution in [0.4, 0.5) is 13.2 Å². The molecule has 0 saturated carbocycles. The van der Waals surface area contributed by atoms with Crippen LogP contribution < -0.4 is 4.74 Å². The van der Waals surface area contributed by atoms with Crippen LogP contribution in [0.2, 0.25) is 0 Å². The summed E-state index contributed by atoms with van der Waals surface area (Å²) in [6.07, 6.45) is -4.74. The molecule has 0 aliphatic rings. The van der Waals surface area contributed by atoms with E-state index in [2.05, 4.69) is 0 Å². The lowest BCUT2D eigenvalue weighted by Crippen LogP contribution is -2.12. The maximum Gasteiger partial charge on any atom is 0.416 e. The van der Waals surface area contributed by atoms with Crippen molar-refractivity contribution in [2.75, 3.05) is 13.2 Å². The lowest BCUT2D eigenvalue weighted by molar-refractivity contribution is -0.137. The lowest BCUT2D eigenvalue weighted by atomic mass is 10.1. The predicted molar refractivity (Wildman–Crippen MR) is 96.4 cm³/mol. The van der Waals surface area contributed by atoms with Crippen molar-refractivity contribution >= 4 is 75.6 Å². The molecule has 12 heteroatoms. The molecule has 0 N–H and O–H groups in total. The van der Waals surface area contributed by atoms with E-state index in [1.54, 1.807) is 0 Å². The lowest BCUT2D eigenvalue weighted by Gasteiger charge is -2.13. The molecule has 0 radical (unpaired) electrons. The van der Waals surface area contributed by atoms with Crippen molar-refractivity contribution in [2.24, 2.45) is 0 Å². The van der Waals surface area contributed by atoms with Gasteiger partial charge in [0.05, 0.1) is 21.2 Å². The number of alkyl halides is 3. The van der Waals surface area contributed by atoms with Crippen molar-refractivity contribution in [1.82, 2.24) is 0 Å². The summed E-state index contributed by atoms with van der Waals surface area (Å²) >= 11 is 32.8. The fourth-order valence-electron chi connectivity index (χ4n) is 1.43. The molecule has 0 aromatic heterocycles. The Bertz CT molecular complexity index is 738. The molecule has 3 nitrogen and oxygen atoms in total. The van der Waals surface area contributed by atoms with E-state index in [-0.39, 0.29) is 24.8 Å².